The SMILES string of the molecule is CCc1c(N)noc1-c1cc(C)cc(C)c1. The minimum absolute atomic E-state index is 0.497. The number of hydrogen-bond acceptors (Lipinski definition) is 3. The van der Waals surface area contributed by atoms with E-state index in [1.807, 2.05) is 0 Å². The molecule has 0 aliphatic carbocycles. The molecule has 3 heteroatoms. The van der Waals surface area contributed by atoms with Gasteiger partial charge in [0.05, 0.1) is 0 Å². The molecule has 0 amide bonds. The molecule has 0 saturated heterocycles. The van der Waals surface area contributed by atoms with Crippen molar-refractivity contribution in [2.75, 3.05) is 5.73 Å². The summed E-state index contributed by atoms with van der Waals surface area (Å²) in [4.78, 5) is 0. The molecule has 0 aliphatic rings. The highest BCUT2D eigenvalue weighted by molar-refractivity contribution is 5.67. The zero-order valence-electron chi connectivity index (χ0n) is 9.87. The Kier molecular flexibility index (Phi) is 2.69. The van der Waals surface area contributed by atoms with Gasteiger partial charge in [0, 0.05) is 11.1 Å². The van der Waals surface area contributed by atoms with Gasteiger partial charge in [0.15, 0.2) is 11.6 Å². The number of rotatable bonds is 2. The zero-order chi connectivity index (χ0) is 11.7. The molecule has 0 aliphatic heterocycles. The standard InChI is InChI=1S/C13H16N2O/c1-4-11-12(16-15-13(11)14)10-6-8(2)5-9(3)7-10/h5-7H,4H2,1-3H3,(H2,14,15). The molecule has 0 spiro atoms. The highest BCUT2D eigenvalue weighted by atomic mass is 16.5. The fourth-order valence-corrected chi connectivity index (χ4v) is 2.00. The van der Waals surface area contributed by atoms with Gasteiger partial charge in [-0.25, -0.2) is 0 Å². The van der Waals surface area contributed by atoms with E-state index in [-0.39, 0.29) is 0 Å². The van der Waals surface area contributed by atoms with Gasteiger partial charge in [0.1, 0.15) is 0 Å². The van der Waals surface area contributed by atoms with Gasteiger partial charge in [-0.15, -0.1) is 0 Å². The van der Waals surface area contributed by atoms with Gasteiger partial charge in [-0.3, -0.25) is 0 Å². The van der Waals surface area contributed by atoms with Crippen molar-refractivity contribution in [3.05, 3.63) is 34.9 Å². The van der Waals surface area contributed by atoms with Crippen LogP contribution < -0.4 is 5.73 Å². The van der Waals surface area contributed by atoms with Crippen LogP contribution in [0.5, 0.6) is 0 Å². The van der Waals surface area contributed by atoms with E-state index >= 15 is 0 Å². The number of benzene rings is 1. The smallest absolute Gasteiger partial charge is 0.172 e. The van der Waals surface area contributed by atoms with Crippen molar-refractivity contribution >= 4 is 5.82 Å². The fraction of sp³-hybridized carbons (Fsp3) is 0.308. The molecule has 1 heterocycles. The average molecular weight is 216 g/mol. The Bertz CT molecular complexity index is 494. The lowest BCUT2D eigenvalue weighted by molar-refractivity contribution is 0.435. The van der Waals surface area contributed by atoms with Gasteiger partial charge in [-0.2, -0.15) is 0 Å². The third kappa shape index (κ3) is 1.81. The summed E-state index contributed by atoms with van der Waals surface area (Å²) in [7, 11) is 0. The van der Waals surface area contributed by atoms with Crippen LogP contribution in [0.1, 0.15) is 23.6 Å². The summed E-state index contributed by atoms with van der Waals surface area (Å²) in [6.45, 7) is 6.19. The van der Waals surface area contributed by atoms with Gasteiger partial charge in [-0.1, -0.05) is 29.3 Å². The first-order valence-corrected chi connectivity index (χ1v) is 5.44. The molecule has 0 fully saturated rings. The maximum atomic E-state index is 5.76. The first kappa shape index (κ1) is 10.7. The third-order valence-electron chi connectivity index (χ3n) is 2.66. The topological polar surface area (TPSA) is 52.0 Å². The molecule has 2 rings (SSSR count). The molecule has 1 aromatic heterocycles. The predicted molar refractivity (Wildman–Crippen MR) is 65.2 cm³/mol. The summed E-state index contributed by atoms with van der Waals surface area (Å²) < 4.78 is 5.31. The normalized spacial score (nSPS) is 10.7. The van der Waals surface area contributed by atoms with E-state index < -0.39 is 0 Å². The van der Waals surface area contributed by atoms with Crippen LogP contribution in [-0.2, 0) is 6.42 Å². The Morgan fingerprint density at radius 1 is 1.19 bits per heavy atom. The van der Waals surface area contributed by atoms with Crippen molar-refractivity contribution in [1.82, 2.24) is 5.16 Å². The maximum absolute atomic E-state index is 5.76. The Labute approximate surface area is 95.3 Å². The fourth-order valence-electron chi connectivity index (χ4n) is 2.00. The predicted octanol–water partition coefficient (Wildman–Crippen LogP) is 3.10. The summed E-state index contributed by atoms with van der Waals surface area (Å²) in [6.07, 6.45) is 0.831. The highest BCUT2D eigenvalue weighted by Crippen LogP contribution is 2.29. The Morgan fingerprint density at radius 2 is 1.81 bits per heavy atom. The van der Waals surface area contributed by atoms with Crippen LogP contribution in [0.2, 0.25) is 0 Å². The molecule has 0 saturated carbocycles. The maximum Gasteiger partial charge on any atom is 0.172 e. The second-order valence-electron chi connectivity index (χ2n) is 4.11. The molecule has 1 aromatic carbocycles. The van der Waals surface area contributed by atoms with Crippen molar-refractivity contribution in [3.8, 4) is 11.3 Å². The van der Waals surface area contributed by atoms with Crippen LogP contribution in [0.3, 0.4) is 0 Å². The molecule has 3 nitrogen and oxygen atoms in total. The van der Waals surface area contributed by atoms with Gasteiger partial charge in [0.25, 0.3) is 0 Å². The number of anilines is 1. The molecule has 2 N–H and O–H groups in total. The van der Waals surface area contributed by atoms with Crippen LogP contribution in [-0.4, -0.2) is 5.16 Å². The van der Waals surface area contributed by atoms with E-state index in [4.69, 9.17) is 10.3 Å². The number of nitrogen functional groups attached to an aromatic ring is 1. The lowest BCUT2D eigenvalue weighted by Crippen LogP contribution is -1.91. The zero-order valence-corrected chi connectivity index (χ0v) is 9.87. The second kappa shape index (κ2) is 4.00. The molecule has 0 radical (unpaired) electrons. The van der Waals surface area contributed by atoms with Gasteiger partial charge >= 0.3 is 0 Å². The number of hydrogen-bond donors (Lipinski definition) is 1. The molecule has 0 bridgehead atoms. The largest absolute Gasteiger partial charge is 0.381 e. The molecule has 0 atom stereocenters. The van der Waals surface area contributed by atoms with Crippen molar-refractivity contribution in [1.29, 1.82) is 0 Å². The molecular weight excluding hydrogens is 200 g/mol. The average Bonchev–Trinajstić information content (AvgIpc) is 2.58. The summed E-state index contributed by atoms with van der Waals surface area (Å²) in [5, 5.41) is 3.83. The molecule has 84 valence electrons. The second-order valence-corrected chi connectivity index (χ2v) is 4.11. The summed E-state index contributed by atoms with van der Waals surface area (Å²) in [6, 6.07) is 6.31. The summed E-state index contributed by atoms with van der Waals surface area (Å²) in [5.74, 6) is 1.29. The van der Waals surface area contributed by atoms with Crippen LogP contribution in [0, 0.1) is 13.8 Å². The molecule has 2 aromatic rings. The van der Waals surface area contributed by atoms with E-state index in [2.05, 4.69) is 44.1 Å². The van der Waals surface area contributed by atoms with Crippen LogP contribution in [0.4, 0.5) is 5.82 Å². The number of nitrogens with zero attached hydrogens (tertiary/aromatic N) is 1. The van der Waals surface area contributed by atoms with E-state index in [1.54, 1.807) is 0 Å². The quantitative estimate of drug-likeness (QED) is 0.839. The van der Waals surface area contributed by atoms with Crippen LogP contribution >= 0.6 is 0 Å². The van der Waals surface area contributed by atoms with E-state index in [0.717, 1.165) is 23.3 Å². The van der Waals surface area contributed by atoms with Crippen LogP contribution in [0.15, 0.2) is 22.7 Å². The number of nitrogens with two attached hydrogens (primary N) is 1. The highest BCUT2D eigenvalue weighted by Gasteiger charge is 2.14. The Morgan fingerprint density at radius 3 is 2.38 bits per heavy atom. The van der Waals surface area contributed by atoms with E-state index in [0.29, 0.717) is 5.82 Å². The van der Waals surface area contributed by atoms with Crippen LogP contribution in [0.25, 0.3) is 11.3 Å². The Balaban J connectivity index is 2.58. The van der Waals surface area contributed by atoms with Crippen molar-refractivity contribution in [2.45, 2.75) is 27.2 Å². The number of aryl methyl sites for hydroxylation is 2. The van der Waals surface area contributed by atoms with E-state index in [1.165, 1.54) is 11.1 Å². The van der Waals surface area contributed by atoms with Crippen molar-refractivity contribution < 1.29 is 4.52 Å². The van der Waals surface area contributed by atoms with Gasteiger partial charge in [0.2, 0.25) is 0 Å². The molecule has 16 heavy (non-hydrogen) atoms. The monoisotopic (exact) mass is 216 g/mol. The van der Waals surface area contributed by atoms with E-state index in [9.17, 15) is 0 Å². The molecule has 0 unspecified atom stereocenters. The summed E-state index contributed by atoms with van der Waals surface area (Å²) >= 11 is 0. The van der Waals surface area contributed by atoms with Crippen molar-refractivity contribution in [2.24, 2.45) is 0 Å². The van der Waals surface area contributed by atoms with Gasteiger partial charge in [-0.05, 0) is 32.4 Å². The lowest BCUT2D eigenvalue weighted by atomic mass is 10.0. The lowest BCUT2D eigenvalue weighted by Gasteiger charge is -2.03. The first-order chi connectivity index (χ1) is 7.61. The van der Waals surface area contributed by atoms with Gasteiger partial charge < -0.3 is 10.3 Å². The third-order valence-corrected chi connectivity index (χ3v) is 2.66. The number of aromatic nitrogens is 1. The molecular formula is C13H16N2O. The Hall–Kier alpha value is -1.77. The first-order valence-electron chi connectivity index (χ1n) is 5.44. The summed E-state index contributed by atoms with van der Waals surface area (Å²) in [5.41, 5.74) is 10.2. The minimum atomic E-state index is 0.497. The van der Waals surface area contributed by atoms with Crippen molar-refractivity contribution in [3.63, 3.8) is 0 Å². The minimum Gasteiger partial charge on any atom is -0.381 e.